The van der Waals surface area contributed by atoms with E-state index in [9.17, 15) is 4.39 Å². The van der Waals surface area contributed by atoms with Crippen LogP contribution in [0, 0.1) is 5.82 Å². The van der Waals surface area contributed by atoms with Crippen molar-refractivity contribution in [1.82, 2.24) is 0 Å². The maximum atomic E-state index is 13.1. The van der Waals surface area contributed by atoms with Crippen molar-refractivity contribution >= 4 is 0 Å². The highest BCUT2D eigenvalue weighted by molar-refractivity contribution is 5.39. The van der Waals surface area contributed by atoms with Crippen LogP contribution < -0.4 is 10.5 Å². The zero-order chi connectivity index (χ0) is 11.8. The molecule has 16 heavy (non-hydrogen) atoms. The summed E-state index contributed by atoms with van der Waals surface area (Å²) in [6.45, 7) is 4.20. The Labute approximate surface area is 95.6 Å². The van der Waals surface area contributed by atoms with Crippen molar-refractivity contribution in [2.45, 2.75) is 44.8 Å². The number of ether oxygens (including phenoxy) is 1. The maximum Gasteiger partial charge on any atom is 0.125 e. The molecule has 88 valence electrons. The van der Waals surface area contributed by atoms with Crippen LogP contribution in [0.5, 0.6) is 5.75 Å². The number of nitrogens with two attached hydrogens (primary N) is 1. The second-order valence-electron chi connectivity index (χ2n) is 4.79. The average molecular weight is 223 g/mol. The van der Waals surface area contributed by atoms with Crippen molar-refractivity contribution in [1.29, 1.82) is 0 Å². The molecule has 0 radical (unpaired) electrons. The van der Waals surface area contributed by atoms with Gasteiger partial charge in [-0.05, 0) is 31.5 Å². The van der Waals surface area contributed by atoms with Crippen LogP contribution in [-0.2, 0) is 0 Å². The predicted octanol–water partition coefficient (Wildman–Crippen LogP) is 3.17. The molecular formula is C13H18FNO. The van der Waals surface area contributed by atoms with Crippen molar-refractivity contribution in [3.63, 3.8) is 0 Å². The molecule has 2 nitrogen and oxygen atoms in total. The third kappa shape index (κ3) is 2.05. The number of hydrogen-bond donors (Lipinski definition) is 1. The lowest BCUT2D eigenvalue weighted by atomic mass is 9.86. The smallest absolute Gasteiger partial charge is 0.125 e. The van der Waals surface area contributed by atoms with Crippen LogP contribution in [0.2, 0.25) is 0 Å². The van der Waals surface area contributed by atoms with Gasteiger partial charge < -0.3 is 10.5 Å². The summed E-state index contributed by atoms with van der Waals surface area (Å²) < 4.78 is 19.0. The lowest BCUT2D eigenvalue weighted by molar-refractivity contribution is 0.0447. The molecular weight excluding hydrogens is 205 g/mol. The fourth-order valence-corrected chi connectivity index (χ4v) is 2.47. The molecule has 1 aromatic carbocycles. The summed E-state index contributed by atoms with van der Waals surface area (Å²) in [5.41, 5.74) is 6.65. The number of fused-ring (bicyclic) bond motifs is 1. The first kappa shape index (κ1) is 11.4. The van der Waals surface area contributed by atoms with Gasteiger partial charge in [0.05, 0.1) is 0 Å². The Hall–Kier alpha value is -1.09. The Morgan fingerprint density at radius 1 is 1.56 bits per heavy atom. The van der Waals surface area contributed by atoms with Crippen molar-refractivity contribution in [2.75, 3.05) is 0 Å². The topological polar surface area (TPSA) is 35.2 Å². The van der Waals surface area contributed by atoms with E-state index in [2.05, 4.69) is 13.8 Å². The molecule has 0 fully saturated rings. The molecule has 2 rings (SSSR count). The van der Waals surface area contributed by atoms with E-state index in [4.69, 9.17) is 10.5 Å². The fraction of sp³-hybridized carbons (Fsp3) is 0.538. The highest BCUT2D eigenvalue weighted by Gasteiger charge is 2.35. The van der Waals surface area contributed by atoms with Gasteiger partial charge >= 0.3 is 0 Å². The van der Waals surface area contributed by atoms with E-state index in [1.807, 2.05) is 0 Å². The first-order valence-electron chi connectivity index (χ1n) is 5.78. The predicted molar refractivity (Wildman–Crippen MR) is 61.9 cm³/mol. The quantitative estimate of drug-likeness (QED) is 0.835. The monoisotopic (exact) mass is 223 g/mol. The normalized spacial score (nSPS) is 28.4. The van der Waals surface area contributed by atoms with E-state index in [0.29, 0.717) is 0 Å². The molecule has 3 heteroatoms. The van der Waals surface area contributed by atoms with Gasteiger partial charge in [0.25, 0.3) is 0 Å². The largest absolute Gasteiger partial charge is 0.487 e. The van der Waals surface area contributed by atoms with Gasteiger partial charge in [0.15, 0.2) is 0 Å². The van der Waals surface area contributed by atoms with Crippen LogP contribution in [0.25, 0.3) is 0 Å². The molecule has 0 amide bonds. The third-order valence-electron chi connectivity index (χ3n) is 3.16. The van der Waals surface area contributed by atoms with Gasteiger partial charge in [-0.25, -0.2) is 4.39 Å². The molecule has 1 aliphatic heterocycles. The number of hydrogen-bond acceptors (Lipinski definition) is 2. The highest BCUT2D eigenvalue weighted by atomic mass is 19.1. The van der Waals surface area contributed by atoms with Crippen molar-refractivity contribution < 1.29 is 9.13 Å². The first-order valence-corrected chi connectivity index (χ1v) is 5.78. The Kier molecular flexibility index (Phi) is 2.89. The fourth-order valence-electron chi connectivity index (χ4n) is 2.47. The van der Waals surface area contributed by atoms with E-state index in [0.717, 1.165) is 30.6 Å². The summed E-state index contributed by atoms with van der Waals surface area (Å²) in [7, 11) is 0. The highest BCUT2D eigenvalue weighted by Crippen LogP contribution is 2.40. The molecule has 2 atom stereocenters. The van der Waals surface area contributed by atoms with Crippen LogP contribution in [0.1, 0.15) is 44.7 Å². The standard InChI is InChI=1S/C13H18FNO/c1-3-6-13(2)8-11(15)10-7-9(14)4-5-12(10)16-13/h4-5,7,11H,3,6,8,15H2,1-2H3/t11-,13?/m1/s1. The lowest BCUT2D eigenvalue weighted by Crippen LogP contribution is -2.40. The van der Waals surface area contributed by atoms with Crippen LogP contribution in [-0.4, -0.2) is 5.60 Å². The number of rotatable bonds is 2. The van der Waals surface area contributed by atoms with E-state index in [1.54, 1.807) is 6.07 Å². The Morgan fingerprint density at radius 2 is 2.31 bits per heavy atom. The maximum absolute atomic E-state index is 13.1. The zero-order valence-electron chi connectivity index (χ0n) is 9.79. The van der Waals surface area contributed by atoms with Crippen LogP contribution in [0.15, 0.2) is 18.2 Å². The van der Waals surface area contributed by atoms with E-state index in [1.165, 1.54) is 12.1 Å². The Morgan fingerprint density at radius 3 is 3.00 bits per heavy atom. The molecule has 1 unspecified atom stereocenters. The van der Waals surface area contributed by atoms with Gasteiger partial charge in [-0.15, -0.1) is 0 Å². The summed E-state index contributed by atoms with van der Waals surface area (Å²) in [6.07, 6.45) is 2.77. The molecule has 0 saturated heterocycles. The summed E-state index contributed by atoms with van der Waals surface area (Å²) in [4.78, 5) is 0. The number of benzene rings is 1. The molecule has 0 aromatic heterocycles. The van der Waals surface area contributed by atoms with Gasteiger partial charge in [0, 0.05) is 18.0 Å². The van der Waals surface area contributed by atoms with Gasteiger partial charge in [-0.1, -0.05) is 13.3 Å². The molecule has 1 heterocycles. The summed E-state index contributed by atoms with van der Waals surface area (Å²) >= 11 is 0. The minimum atomic E-state index is -0.253. The second kappa shape index (κ2) is 4.06. The summed E-state index contributed by atoms with van der Waals surface area (Å²) in [5, 5.41) is 0. The van der Waals surface area contributed by atoms with Gasteiger partial charge in [0.1, 0.15) is 17.2 Å². The van der Waals surface area contributed by atoms with E-state index in [-0.39, 0.29) is 17.5 Å². The SMILES string of the molecule is CCCC1(C)C[C@@H](N)c2cc(F)ccc2O1. The van der Waals surface area contributed by atoms with Crippen LogP contribution in [0.3, 0.4) is 0 Å². The average Bonchev–Trinajstić information content (AvgIpc) is 2.19. The Bertz CT molecular complexity index is 394. The second-order valence-corrected chi connectivity index (χ2v) is 4.79. The number of halogens is 1. The molecule has 0 spiro atoms. The molecule has 0 saturated carbocycles. The van der Waals surface area contributed by atoms with E-state index < -0.39 is 0 Å². The molecule has 1 aromatic rings. The van der Waals surface area contributed by atoms with Crippen LogP contribution in [0.4, 0.5) is 4.39 Å². The summed E-state index contributed by atoms with van der Waals surface area (Å²) in [6, 6.07) is 4.45. The van der Waals surface area contributed by atoms with Gasteiger partial charge in [-0.3, -0.25) is 0 Å². The molecule has 0 aliphatic carbocycles. The van der Waals surface area contributed by atoms with Crippen LogP contribution >= 0.6 is 0 Å². The molecule has 2 N–H and O–H groups in total. The van der Waals surface area contributed by atoms with Gasteiger partial charge in [-0.2, -0.15) is 0 Å². The minimum Gasteiger partial charge on any atom is -0.487 e. The third-order valence-corrected chi connectivity index (χ3v) is 3.16. The molecule has 0 bridgehead atoms. The zero-order valence-corrected chi connectivity index (χ0v) is 9.79. The lowest BCUT2D eigenvalue weighted by Gasteiger charge is -2.38. The van der Waals surface area contributed by atoms with Gasteiger partial charge in [0.2, 0.25) is 0 Å². The minimum absolute atomic E-state index is 0.129. The van der Waals surface area contributed by atoms with Crippen molar-refractivity contribution in [2.24, 2.45) is 5.73 Å². The first-order chi connectivity index (χ1) is 7.54. The van der Waals surface area contributed by atoms with E-state index >= 15 is 0 Å². The Balaban J connectivity index is 2.33. The summed E-state index contributed by atoms with van der Waals surface area (Å²) in [5.74, 6) is 0.480. The van der Waals surface area contributed by atoms with Crippen molar-refractivity contribution in [3.05, 3.63) is 29.6 Å². The van der Waals surface area contributed by atoms with Crippen molar-refractivity contribution in [3.8, 4) is 5.75 Å². The molecule has 1 aliphatic rings.